The fraction of sp³-hybridized carbons (Fsp3) is 0.619. The molecule has 0 atom stereocenters. The Hall–Kier alpha value is -0.918. The van der Waals surface area contributed by atoms with Crippen molar-refractivity contribution in [3.63, 3.8) is 0 Å². The van der Waals surface area contributed by atoms with Crippen LogP contribution in [0.4, 0.5) is 0 Å². The Morgan fingerprint density at radius 3 is 2.22 bits per heavy atom. The minimum atomic E-state index is -1.82. The zero-order valence-electron chi connectivity index (χ0n) is 18.0. The summed E-state index contributed by atoms with van der Waals surface area (Å²) in [6.07, 6.45) is 1.93. The van der Waals surface area contributed by atoms with Gasteiger partial charge in [0.2, 0.25) is 0 Å². The average molecular weight is 390 g/mol. The number of ether oxygens (including phenoxy) is 2. The molecule has 0 aliphatic carbocycles. The molecule has 27 heavy (non-hydrogen) atoms. The summed E-state index contributed by atoms with van der Waals surface area (Å²) in [5.74, 6) is 2.23. The molecule has 4 nitrogen and oxygen atoms in total. The molecule has 0 unspecified atom stereocenters. The van der Waals surface area contributed by atoms with E-state index in [-0.39, 0.29) is 18.3 Å². The second-order valence-electron chi connectivity index (χ2n) is 8.73. The van der Waals surface area contributed by atoms with Crippen molar-refractivity contribution in [3.05, 3.63) is 41.5 Å². The van der Waals surface area contributed by atoms with Crippen LogP contribution < -0.4 is 5.19 Å². The lowest BCUT2D eigenvalue weighted by atomic mass is 9.89. The predicted molar refractivity (Wildman–Crippen MR) is 115 cm³/mol. The van der Waals surface area contributed by atoms with Crippen LogP contribution in [-0.4, -0.2) is 46.9 Å². The lowest BCUT2D eigenvalue weighted by Gasteiger charge is -2.32. The maximum atomic E-state index is 6.24. The van der Waals surface area contributed by atoms with Crippen LogP contribution in [0, 0.1) is 0 Å². The Bertz CT molecular complexity index is 612. The number of benzene rings is 1. The van der Waals surface area contributed by atoms with E-state index in [1.807, 2.05) is 0 Å². The quantitative estimate of drug-likeness (QED) is 0.361. The van der Waals surface area contributed by atoms with Gasteiger partial charge in [-0.3, -0.25) is 0 Å². The molecule has 6 heteroatoms. The molecule has 0 aromatic heterocycles. The number of rotatable bonds is 9. The third kappa shape index (κ3) is 5.55. The predicted octanol–water partition coefficient (Wildman–Crippen LogP) is 4.10. The van der Waals surface area contributed by atoms with Crippen molar-refractivity contribution < 1.29 is 18.8 Å². The average Bonchev–Trinajstić information content (AvgIpc) is 2.81. The Morgan fingerprint density at radius 1 is 1.07 bits per heavy atom. The third-order valence-corrected chi connectivity index (χ3v) is 9.64. The molecule has 1 heterocycles. The first-order chi connectivity index (χ1) is 12.6. The summed E-state index contributed by atoms with van der Waals surface area (Å²) in [4.78, 5) is 0. The Balaban J connectivity index is 2.22. The highest BCUT2D eigenvalue weighted by molar-refractivity contribution is 6.96. The lowest BCUT2D eigenvalue weighted by Crippen LogP contribution is -2.44. The summed E-state index contributed by atoms with van der Waals surface area (Å²) < 4.78 is 22.9. The molecular formula is C21H35BO4Si. The molecule has 0 radical (unpaired) electrons. The summed E-state index contributed by atoms with van der Waals surface area (Å²) in [6.45, 7) is 14.2. The van der Waals surface area contributed by atoms with Crippen molar-refractivity contribution in [3.8, 4) is 0 Å². The molecule has 0 amide bonds. The smallest absolute Gasteiger partial charge is 0.400 e. The zero-order valence-corrected chi connectivity index (χ0v) is 19.0. The van der Waals surface area contributed by atoms with Gasteiger partial charge in [-0.05, 0) is 40.5 Å². The molecule has 0 N–H and O–H groups in total. The fourth-order valence-electron chi connectivity index (χ4n) is 3.27. The van der Waals surface area contributed by atoms with Crippen LogP contribution in [0.15, 0.2) is 41.5 Å². The minimum absolute atomic E-state index is 0.305. The van der Waals surface area contributed by atoms with Crippen molar-refractivity contribution in [2.45, 2.75) is 64.8 Å². The van der Waals surface area contributed by atoms with Gasteiger partial charge in [-0.1, -0.05) is 59.8 Å². The van der Waals surface area contributed by atoms with E-state index in [2.05, 4.69) is 77.1 Å². The number of allylic oxidation sites excluding steroid dienone is 1. The molecule has 1 aliphatic rings. The molecule has 2 rings (SSSR count). The largest absolute Gasteiger partial charge is 0.486 e. The second-order valence-corrected chi connectivity index (χ2v) is 13.2. The van der Waals surface area contributed by atoms with Crippen LogP contribution in [0.1, 0.15) is 40.5 Å². The molecule has 0 spiro atoms. The first kappa shape index (κ1) is 22.4. The van der Waals surface area contributed by atoms with Gasteiger partial charge in [0, 0.05) is 13.7 Å². The fourth-order valence-corrected chi connectivity index (χ4v) is 6.02. The van der Waals surface area contributed by atoms with Crippen molar-refractivity contribution in [2.24, 2.45) is 0 Å². The van der Waals surface area contributed by atoms with E-state index in [0.717, 1.165) is 12.8 Å². The van der Waals surface area contributed by atoms with Crippen LogP contribution in [0.5, 0.6) is 0 Å². The van der Waals surface area contributed by atoms with Gasteiger partial charge < -0.3 is 18.8 Å². The van der Waals surface area contributed by atoms with Crippen LogP contribution in [0.2, 0.25) is 13.1 Å². The summed E-state index contributed by atoms with van der Waals surface area (Å²) in [5, 5.41) is 2.86. The monoisotopic (exact) mass is 390 g/mol. The molecule has 1 aliphatic heterocycles. The molecular weight excluding hydrogens is 355 g/mol. The SMILES string of the molecule is COCOCCC/C(=C/B1OC(C)(C)C(C)(C)O1)[Si](C)(C)c1ccccc1. The second kappa shape index (κ2) is 9.05. The topological polar surface area (TPSA) is 36.9 Å². The van der Waals surface area contributed by atoms with E-state index in [9.17, 15) is 0 Å². The van der Waals surface area contributed by atoms with Gasteiger partial charge in [0.25, 0.3) is 0 Å². The van der Waals surface area contributed by atoms with E-state index in [0.29, 0.717) is 13.4 Å². The summed E-state index contributed by atoms with van der Waals surface area (Å²) in [5.41, 5.74) is -0.640. The number of hydrogen-bond acceptors (Lipinski definition) is 4. The number of hydrogen-bond donors (Lipinski definition) is 0. The Labute approximate surface area is 166 Å². The minimum Gasteiger partial charge on any atom is -0.400 e. The zero-order chi connectivity index (χ0) is 20.1. The summed E-state index contributed by atoms with van der Waals surface area (Å²) >= 11 is 0. The molecule has 1 aromatic carbocycles. The molecule has 150 valence electrons. The van der Waals surface area contributed by atoms with Crippen LogP contribution in [-0.2, 0) is 18.8 Å². The third-order valence-electron chi connectivity index (χ3n) is 5.84. The van der Waals surface area contributed by atoms with E-state index in [1.54, 1.807) is 7.11 Å². The normalized spacial score (nSPS) is 19.5. The van der Waals surface area contributed by atoms with Gasteiger partial charge >= 0.3 is 7.12 Å². The van der Waals surface area contributed by atoms with Gasteiger partial charge in [0.05, 0.1) is 11.2 Å². The highest BCUT2D eigenvalue weighted by Crippen LogP contribution is 2.37. The van der Waals surface area contributed by atoms with Gasteiger partial charge in [0.15, 0.2) is 0 Å². The van der Waals surface area contributed by atoms with E-state index >= 15 is 0 Å². The standard InChI is InChI=1S/C21H35BO4Si/c1-20(2)21(3,4)26-22(25-20)16-19(14-11-15-24-17-23-5)27(6,7)18-12-9-8-10-13-18/h8-10,12-13,16H,11,14-15,17H2,1-7H3/b19-16-. The van der Waals surface area contributed by atoms with Crippen molar-refractivity contribution in [2.75, 3.05) is 20.5 Å². The van der Waals surface area contributed by atoms with Crippen LogP contribution in [0.25, 0.3) is 0 Å². The van der Waals surface area contributed by atoms with E-state index in [1.165, 1.54) is 10.4 Å². The first-order valence-corrected chi connectivity index (χ1v) is 12.8. The Kier molecular flexibility index (Phi) is 7.50. The summed E-state index contributed by atoms with van der Waals surface area (Å²) in [7, 11) is -0.481. The van der Waals surface area contributed by atoms with Crippen LogP contribution >= 0.6 is 0 Å². The van der Waals surface area contributed by atoms with Crippen molar-refractivity contribution in [1.82, 2.24) is 0 Å². The van der Waals surface area contributed by atoms with Crippen molar-refractivity contribution >= 4 is 20.4 Å². The maximum absolute atomic E-state index is 6.24. The number of methoxy groups -OCH3 is 1. The van der Waals surface area contributed by atoms with Gasteiger partial charge in [-0.25, -0.2) is 0 Å². The molecule has 1 saturated heterocycles. The first-order valence-electron chi connectivity index (χ1n) is 9.79. The molecule has 0 saturated carbocycles. The molecule has 0 bridgehead atoms. The van der Waals surface area contributed by atoms with E-state index in [4.69, 9.17) is 18.8 Å². The van der Waals surface area contributed by atoms with Crippen LogP contribution in [0.3, 0.4) is 0 Å². The molecule has 1 aromatic rings. The highest BCUT2D eigenvalue weighted by atomic mass is 28.3. The lowest BCUT2D eigenvalue weighted by molar-refractivity contribution is -0.0309. The molecule has 1 fully saturated rings. The highest BCUT2D eigenvalue weighted by Gasteiger charge is 2.50. The van der Waals surface area contributed by atoms with Gasteiger partial charge in [-0.15, -0.1) is 0 Å². The van der Waals surface area contributed by atoms with Gasteiger partial charge in [0.1, 0.15) is 14.9 Å². The Morgan fingerprint density at radius 2 is 1.67 bits per heavy atom. The maximum Gasteiger partial charge on any atom is 0.486 e. The van der Waals surface area contributed by atoms with Crippen molar-refractivity contribution in [1.29, 1.82) is 0 Å². The summed E-state index contributed by atoms with van der Waals surface area (Å²) in [6, 6.07) is 10.8. The van der Waals surface area contributed by atoms with Gasteiger partial charge in [-0.2, -0.15) is 0 Å². The van der Waals surface area contributed by atoms with E-state index < -0.39 is 8.07 Å².